The summed E-state index contributed by atoms with van der Waals surface area (Å²) in [6, 6.07) is 4.27. The predicted molar refractivity (Wildman–Crippen MR) is 74.5 cm³/mol. The van der Waals surface area contributed by atoms with E-state index in [-0.39, 0.29) is 12.3 Å². The number of hydrogen-bond acceptors (Lipinski definition) is 3. The summed E-state index contributed by atoms with van der Waals surface area (Å²) in [4.78, 5) is 0. The summed E-state index contributed by atoms with van der Waals surface area (Å²) in [5.41, 5.74) is 3.55. The van der Waals surface area contributed by atoms with Crippen LogP contribution in [0.5, 0.6) is 0 Å². The molecule has 0 aliphatic carbocycles. The van der Waals surface area contributed by atoms with E-state index in [9.17, 15) is 0 Å². The van der Waals surface area contributed by atoms with Gasteiger partial charge in [-0.3, -0.25) is 0 Å². The summed E-state index contributed by atoms with van der Waals surface area (Å²) in [6.45, 7) is 6.21. The van der Waals surface area contributed by atoms with Gasteiger partial charge in [0, 0.05) is 24.4 Å². The molecule has 1 atom stereocenters. The Kier molecular flexibility index (Phi) is 5.43. The SMILES string of the molecule is COC(OC)C(C)Nc1c(C)cc(Br)cc1C. The monoisotopic (exact) mass is 301 g/mol. The maximum Gasteiger partial charge on any atom is 0.176 e. The van der Waals surface area contributed by atoms with Gasteiger partial charge in [0.25, 0.3) is 0 Å². The molecule has 0 saturated carbocycles. The quantitative estimate of drug-likeness (QED) is 0.845. The second-order valence-corrected chi connectivity index (χ2v) is 5.10. The first-order valence-corrected chi connectivity index (χ1v) is 6.37. The summed E-state index contributed by atoms with van der Waals surface area (Å²) < 4.78 is 11.6. The third-order valence-corrected chi connectivity index (χ3v) is 3.20. The van der Waals surface area contributed by atoms with Gasteiger partial charge < -0.3 is 14.8 Å². The fourth-order valence-corrected chi connectivity index (χ4v) is 2.63. The fourth-order valence-electron chi connectivity index (χ4n) is 1.94. The molecule has 0 amide bonds. The van der Waals surface area contributed by atoms with Gasteiger partial charge in [-0.1, -0.05) is 15.9 Å². The van der Waals surface area contributed by atoms with Crippen LogP contribution in [0.1, 0.15) is 18.1 Å². The van der Waals surface area contributed by atoms with E-state index in [1.807, 2.05) is 6.92 Å². The summed E-state index contributed by atoms with van der Waals surface area (Å²) >= 11 is 3.49. The number of methoxy groups -OCH3 is 2. The highest BCUT2D eigenvalue weighted by atomic mass is 79.9. The number of nitrogens with one attached hydrogen (secondary N) is 1. The van der Waals surface area contributed by atoms with E-state index < -0.39 is 0 Å². The zero-order chi connectivity index (χ0) is 13.0. The molecule has 17 heavy (non-hydrogen) atoms. The van der Waals surface area contributed by atoms with Crippen LogP contribution >= 0.6 is 15.9 Å². The van der Waals surface area contributed by atoms with Crippen molar-refractivity contribution >= 4 is 21.6 Å². The molecule has 0 radical (unpaired) electrons. The molecule has 0 fully saturated rings. The van der Waals surface area contributed by atoms with Crippen molar-refractivity contribution in [2.24, 2.45) is 0 Å². The number of anilines is 1. The average Bonchev–Trinajstić information content (AvgIpc) is 2.25. The molecule has 3 nitrogen and oxygen atoms in total. The Morgan fingerprint density at radius 3 is 2.00 bits per heavy atom. The Balaban J connectivity index is 2.88. The van der Waals surface area contributed by atoms with Gasteiger partial charge in [-0.2, -0.15) is 0 Å². The summed E-state index contributed by atoms with van der Waals surface area (Å²) in [7, 11) is 3.29. The lowest BCUT2D eigenvalue weighted by molar-refractivity contribution is -0.109. The van der Waals surface area contributed by atoms with E-state index in [0.29, 0.717) is 0 Å². The number of hydrogen-bond donors (Lipinski definition) is 1. The number of benzene rings is 1. The molecule has 1 aromatic rings. The van der Waals surface area contributed by atoms with Crippen LogP contribution < -0.4 is 5.32 Å². The second kappa shape index (κ2) is 6.38. The third kappa shape index (κ3) is 3.69. The van der Waals surface area contributed by atoms with Gasteiger partial charge in [0.1, 0.15) is 0 Å². The minimum Gasteiger partial charge on any atom is -0.377 e. The van der Waals surface area contributed by atoms with Crippen molar-refractivity contribution in [2.45, 2.75) is 33.1 Å². The molecule has 4 heteroatoms. The van der Waals surface area contributed by atoms with Crippen molar-refractivity contribution in [1.29, 1.82) is 0 Å². The zero-order valence-corrected chi connectivity index (χ0v) is 12.6. The van der Waals surface area contributed by atoms with Gasteiger partial charge in [0.2, 0.25) is 0 Å². The highest BCUT2D eigenvalue weighted by molar-refractivity contribution is 9.10. The minimum absolute atomic E-state index is 0.0866. The lowest BCUT2D eigenvalue weighted by Gasteiger charge is -2.25. The van der Waals surface area contributed by atoms with Crippen molar-refractivity contribution in [3.8, 4) is 0 Å². The Morgan fingerprint density at radius 2 is 1.59 bits per heavy atom. The molecule has 0 aliphatic rings. The molecule has 0 saturated heterocycles. The topological polar surface area (TPSA) is 30.5 Å². The first-order valence-electron chi connectivity index (χ1n) is 5.58. The first-order chi connectivity index (χ1) is 7.99. The van der Waals surface area contributed by atoms with Crippen LogP contribution in [0.15, 0.2) is 16.6 Å². The number of halogens is 1. The van der Waals surface area contributed by atoms with E-state index in [4.69, 9.17) is 9.47 Å². The van der Waals surface area contributed by atoms with Crippen LogP contribution in [-0.4, -0.2) is 26.6 Å². The second-order valence-electron chi connectivity index (χ2n) is 4.19. The van der Waals surface area contributed by atoms with Crippen LogP contribution in [0.4, 0.5) is 5.69 Å². The summed E-state index contributed by atoms with van der Waals surface area (Å²) in [6.07, 6.45) is -0.252. The van der Waals surface area contributed by atoms with Crippen LogP contribution in [0.3, 0.4) is 0 Å². The molecule has 0 heterocycles. The highest BCUT2D eigenvalue weighted by Gasteiger charge is 2.17. The normalized spacial score (nSPS) is 12.9. The van der Waals surface area contributed by atoms with Crippen molar-refractivity contribution in [3.05, 3.63) is 27.7 Å². The maximum atomic E-state index is 5.24. The van der Waals surface area contributed by atoms with Crippen molar-refractivity contribution < 1.29 is 9.47 Å². The molecule has 1 unspecified atom stereocenters. The molecule has 0 spiro atoms. The molecule has 1 N–H and O–H groups in total. The smallest absolute Gasteiger partial charge is 0.176 e. The molecule has 1 aromatic carbocycles. The Labute approximate surface area is 112 Å². The Morgan fingerprint density at radius 1 is 1.12 bits per heavy atom. The summed E-state index contributed by atoms with van der Waals surface area (Å²) in [5.74, 6) is 0. The first kappa shape index (κ1) is 14.5. The molecule has 96 valence electrons. The van der Waals surface area contributed by atoms with Gasteiger partial charge in [0.05, 0.1) is 6.04 Å². The van der Waals surface area contributed by atoms with Crippen LogP contribution in [0.2, 0.25) is 0 Å². The molecule has 0 aliphatic heterocycles. The van der Waals surface area contributed by atoms with E-state index in [1.54, 1.807) is 14.2 Å². The van der Waals surface area contributed by atoms with Crippen molar-refractivity contribution in [3.63, 3.8) is 0 Å². The standard InChI is InChI=1S/C13H20BrNO2/c1-8-6-11(14)7-9(2)12(8)15-10(3)13(16-4)17-5/h6-7,10,13,15H,1-5H3. The number of ether oxygens (including phenoxy) is 2. The Hall–Kier alpha value is -0.580. The zero-order valence-electron chi connectivity index (χ0n) is 11.0. The lowest BCUT2D eigenvalue weighted by Crippen LogP contribution is -2.34. The summed E-state index contributed by atoms with van der Waals surface area (Å²) in [5, 5.41) is 3.44. The van der Waals surface area contributed by atoms with Crippen molar-refractivity contribution in [1.82, 2.24) is 0 Å². The largest absolute Gasteiger partial charge is 0.377 e. The lowest BCUT2D eigenvalue weighted by atomic mass is 10.1. The number of aryl methyl sites for hydroxylation is 2. The van der Waals surface area contributed by atoms with Crippen LogP contribution in [0.25, 0.3) is 0 Å². The number of rotatable bonds is 5. The molecule has 1 rings (SSSR count). The maximum absolute atomic E-state index is 5.24. The van der Waals surface area contributed by atoms with Crippen molar-refractivity contribution in [2.75, 3.05) is 19.5 Å². The molecular formula is C13H20BrNO2. The van der Waals surface area contributed by atoms with E-state index >= 15 is 0 Å². The van der Waals surface area contributed by atoms with Gasteiger partial charge in [-0.25, -0.2) is 0 Å². The Bertz CT molecular complexity index is 355. The highest BCUT2D eigenvalue weighted by Crippen LogP contribution is 2.26. The average molecular weight is 302 g/mol. The fraction of sp³-hybridized carbons (Fsp3) is 0.538. The van der Waals surface area contributed by atoms with Crippen LogP contribution in [-0.2, 0) is 9.47 Å². The molecule has 0 bridgehead atoms. The van der Waals surface area contributed by atoms with E-state index in [0.717, 1.165) is 10.2 Å². The predicted octanol–water partition coefficient (Wildman–Crippen LogP) is 3.49. The third-order valence-electron chi connectivity index (χ3n) is 2.74. The molecule has 0 aromatic heterocycles. The van der Waals surface area contributed by atoms with E-state index in [2.05, 4.69) is 47.2 Å². The molecular weight excluding hydrogens is 282 g/mol. The van der Waals surface area contributed by atoms with Gasteiger partial charge in [-0.15, -0.1) is 0 Å². The van der Waals surface area contributed by atoms with Gasteiger partial charge in [0.15, 0.2) is 6.29 Å². The van der Waals surface area contributed by atoms with E-state index in [1.165, 1.54) is 11.1 Å². The van der Waals surface area contributed by atoms with Crippen LogP contribution in [0, 0.1) is 13.8 Å². The van der Waals surface area contributed by atoms with Gasteiger partial charge >= 0.3 is 0 Å². The minimum atomic E-state index is -0.252. The van der Waals surface area contributed by atoms with Gasteiger partial charge in [-0.05, 0) is 44.0 Å².